The fourth-order valence-corrected chi connectivity index (χ4v) is 11.8. The second-order valence-electron chi connectivity index (χ2n) is 9.30. The zero-order valence-corrected chi connectivity index (χ0v) is 21.2. The highest BCUT2D eigenvalue weighted by Crippen LogP contribution is 2.57. The van der Waals surface area contributed by atoms with Gasteiger partial charge in [-0.1, -0.05) is 24.3 Å². The van der Waals surface area contributed by atoms with Gasteiger partial charge in [-0.2, -0.15) is 0 Å². The zero-order chi connectivity index (χ0) is 21.1. The summed E-state index contributed by atoms with van der Waals surface area (Å²) in [6.45, 7) is 4.42. The lowest BCUT2D eigenvalue weighted by atomic mass is 9.93. The molecule has 0 aliphatic heterocycles. The van der Waals surface area contributed by atoms with Crippen LogP contribution >= 0.6 is 45.3 Å². The second kappa shape index (κ2) is 6.32. The van der Waals surface area contributed by atoms with E-state index in [1.807, 2.05) is 22.7 Å². The van der Waals surface area contributed by atoms with Crippen molar-refractivity contribution in [2.75, 3.05) is 0 Å². The summed E-state index contributed by atoms with van der Waals surface area (Å²) in [6.07, 6.45) is 4.76. The third-order valence-corrected chi connectivity index (χ3v) is 12.7. The summed E-state index contributed by atoms with van der Waals surface area (Å²) in [5.74, 6) is 0. The largest absolute Gasteiger partial charge is 0.134 e. The fraction of sp³-hybridized carbons (Fsp3) is 0.214. The van der Waals surface area contributed by atoms with Gasteiger partial charge in [0.05, 0.1) is 0 Å². The maximum atomic E-state index is 2.38. The van der Waals surface area contributed by atoms with Crippen LogP contribution in [-0.4, -0.2) is 0 Å². The summed E-state index contributed by atoms with van der Waals surface area (Å²) in [5.41, 5.74) is 9.21. The molecule has 4 aromatic heterocycles. The topological polar surface area (TPSA) is 0 Å². The SMILES string of the molecule is Cc1ccc2c3c(sc2c1)-c1sc2c4c(sc2c1CC3)-c1sc2cc(C)ccc2c1CC4. The predicted molar refractivity (Wildman–Crippen MR) is 146 cm³/mol. The number of fused-ring (bicyclic) bond motifs is 13. The number of hydrogen-bond donors (Lipinski definition) is 0. The summed E-state index contributed by atoms with van der Waals surface area (Å²) in [4.78, 5) is 6.27. The molecule has 0 bridgehead atoms. The molecular formula is C28H20S4. The van der Waals surface area contributed by atoms with Crippen LogP contribution in [0.25, 0.3) is 49.1 Å². The van der Waals surface area contributed by atoms with Crippen molar-refractivity contribution in [1.82, 2.24) is 0 Å². The zero-order valence-electron chi connectivity index (χ0n) is 17.9. The van der Waals surface area contributed by atoms with Crippen molar-refractivity contribution in [1.29, 1.82) is 0 Å². The Kier molecular flexibility index (Phi) is 3.65. The highest BCUT2D eigenvalue weighted by atomic mass is 32.1. The molecule has 2 aromatic carbocycles. The van der Waals surface area contributed by atoms with Crippen molar-refractivity contribution in [2.45, 2.75) is 39.5 Å². The third-order valence-electron chi connectivity index (χ3n) is 7.27. The Balaban J connectivity index is 1.36. The van der Waals surface area contributed by atoms with Crippen molar-refractivity contribution < 1.29 is 0 Å². The molecule has 0 saturated heterocycles. The molecular weight excluding hydrogens is 465 g/mol. The molecule has 32 heavy (non-hydrogen) atoms. The van der Waals surface area contributed by atoms with Crippen molar-refractivity contribution in [3.8, 4) is 19.5 Å². The van der Waals surface area contributed by atoms with Crippen LogP contribution in [0, 0.1) is 13.8 Å². The first-order chi connectivity index (χ1) is 15.7. The van der Waals surface area contributed by atoms with Gasteiger partial charge in [0, 0.05) is 38.3 Å². The van der Waals surface area contributed by atoms with E-state index in [9.17, 15) is 0 Å². The minimum atomic E-state index is 1.19. The van der Waals surface area contributed by atoms with E-state index in [0.29, 0.717) is 0 Å². The van der Waals surface area contributed by atoms with E-state index in [2.05, 4.69) is 72.9 Å². The number of hydrogen-bond acceptors (Lipinski definition) is 4. The maximum Gasteiger partial charge on any atom is 0.0499 e. The van der Waals surface area contributed by atoms with E-state index >= 15 is 0 Å². The first-order valence-electron chi connectivity index (χ1n) is 11.3. The Morgan fingerprint density at radius 3 is 1.38 bits per heavy atom. The molecule has 4 heterocycles. The highest BCUT2D eigenvalue weighted by Gasteiger charge is 2.31. The maximum absolute atomic E-state index is 2.38. The van der Waals surface area contributed by atoms with Crippen LogP contribution in [0.2, 0.25) is 0 Å². The van der Waals surface area contributed by atoms with Gasteiger partial charge in [0.25, 0.3) is 0 Å². The molecule has 0 atom stereocenters. The van der Waals surface area contributed by atoms with E-state index in [1.54, 1.807) is 51.2 Å². The number of benzene rings is 2. The van der Waals surface area contributed by atoms with Gasteiger partial charge >= 0.3 is 0 Å². The third kappa shape index (κ3) is 2.31. The van der Waals surface area contributed by atoms with Crippen LogP contribution in [0.3, 0.4) is 0 Å². The van der Waals surface area contributed by atoms with Crippen LogP contribution in [0.15, 0.2) is 36.4 Å². The number of aryl methyl sites for hydroxylation is 6. The smallest absolute Gasteiger partial charge is 0.0499 e. The van der Waals surface area contributed by atoms with Gasteiger partial charge in [-0.25, -0.2) is 0 Å². The number of thiophene rings is 4. The Hall–Kier alpha value is -1.98. The molecule has 156 valence electrons. The highest BCUT2D eigenvalue weighted by molar-refractivity contribution is 7.35. The molecule has 4 heteroatoms. The molecule has 0 unspecified atom stereocenters. The van der Waals surface area contributed by atoms with E-state index in [4.69, 9.17) is 0 Å². The average molecular weight is 485 g/mol. The molecule has 6 aromatic rings. The van der Waals surface area contributed by atoms with Gasteiger partial charge in [0.1, 0.15) is 0 Å². The van der Waals surface area contributed by atoms with Gasteiger partial charge < -0.3 is 0 Å². The summed E-state index contributed by atoms with van der Waals surface area (Å²) in [7, 11) is 0. The van der Waals surface area contributed by atoms with Gasteiger partial charge in [-0.15, -0.1) is 45.3 Å². The monoisotopic (exact) mass is 484 g/mol. The van der Waals surface area contributed by atoms with Crippen molar-refractivity contribution in [3.63, 3.8) is 0 Å². The van der Waals surface area contributed by atoms with Crippen molar-refractivity contribution in [2.24, 2.45) is 0 Å². The van der Waals surface area contributed by atoms with Crippen LogP contribution in [0.1, 0.15) is 33.4 Å². The lowest BCUT2D eigenvalue weighted by molar-refractivity contribution is 0.972. The van der Waals surface area contributed by atoms with Crippen molar-refractivity contribution in [3.05, 3.63) is 69.8 Å². The van der Waals surface area contributed by atoms with E-state index in [1.165, 1.54) is 57.0 Å². The Morgan fingerprint density at radius 2 is 0.906 bits per heavy atom. The molecule has 0 nitrogen and oxygen atoms in total. The van der Waals surface area contributed by atoms with E-state index < -0.39 is 0 Å². The van der Waals surface area contributed by atoms with E-state index in [0.717, 1.165) is 0 Å². The van der Waals surface area contributed by atoms with Gasteiger partial charge in [0.15, 0.2) is 0 Å². The van der Waals surface area contributed by atoms with Crippen LogP contribution in [0.5, 0.6) is 0 Å². The molecule has 0 radical (unpaired) electrons. The minimum absolute atomic E-state index is 1.19. The minimum Gasteiger partial charge on any atom is -0.134 e. The van der Waals surface area contributed by atoms with E-state index in [-0.39, 0.29) is 0 Å². The second-order valence-corrected chi connectivity index (χ2v) is 13.4. The van der Waals surface area contributed by atoms with Crippen LogP contribution in [0.4, 0.5) is 0 Å². The van der Waals surface area contributed by atoms with Gasteiger partial charge in [-0.3, -0.25) is 0 Å². The summed E-state index contributed by atoms with van der Waals surface area (Å²) >= 11 is 8.23. The lowest BCUT2D eigenvalue weighted by Gasteiger charge is -2.14. The molecule has 0 amide bonds. The lowest BCUT2D eigenvalue weighted by Crippen LogP contribution is -1.98. The average Bonchev–Trinajstić information content (AvgIpc) is 3.50. The summed E-state index contributed by atoms with van der Waals surface area (Å²) in [5, 5.41) is 2.98. The molecule has 0 fully saturated rings. The predicted octanol–water partition coefficient (Wildman–Crippen LogP) is 9.54. The molecule has 0 N–H and O–H groups in total. The quantitative estimate of drug-likeness (QED) is 0.201. The number of rotatable bonds is 0. The Labute approximate surface area is 202 Å². The molecule has 8 rings (SSSR count). The van der Waals surface area contributed by atoms with Crippen molar-refractivity contribution >= 4 is 74.9 Å². The Bertz CT molecular complexity index is 1620. The van der Waals surface area contributed by atoms with Gasteiger partial charge in [-0.05, 0) is 95.8 Å². The first-order valence-corrected chi connectivity index (χ1v) is 14.5. The molecule has 0 spiro atoms. The summed E-state index contributed by atoms with van der Waals surface area (Å²) < 4.78 is 6.12. The van der Waals surface area contributed by atoms with Gasteiger partial charge in [0.2, 0.25) is 0 Å². The van der Waals surface area contributed by atoms with Crippen LogP contribution < -0.4 is 0 Å². The normalized spacial score (nSPS) is 14.7. The molecule has 2 aliphatic carbocycles. The molecule has 0 saturated carbocycles. The molecule has 2 aliphatic rings. The standard InChI is InChI=1S/C28H20S4/c1-13-3-5-15-17-7-9-19-25(23(17)29-21(15)11-13)31-28-20-10-8-18-16-6-4-14(2)12-22(16)30-24(18)26(20)32-27(19)28/h3-6,11-12H,7-10H2,1-2H3. The first kappa shape index (κ1) is 18.4. The Morgan fingerprint density at radius 1 is 0.500 bits per heavy atom. The summed E-state index contributed by atoms with van der Waals surface area (Å²) in [6, 6.07) is 14.0. The van der Waals surface area contributed by atoms with Crippen LogP contribution in [-0.2, 0) is 25.7 Å². The fourth-order valence-electron chi connectivity index (χ4n) is 5.72.